The molecule has 7 heteroatoms. The summed E-state index contributed by atoms with van der Waals surface area (Å²) < 4.78 is 26.4. The fourth-order valence-corrected chi connectivity index (χ4v) is 2.44. The number of carbonyl (C=O) groups excluding carboxylic acids is 1. The molecule has 1 N–H and O–H groups in total. The summed E-state index contributed by atoms with van der Waals surface area (Å²) in [7, 11) is 0. The summed E-state index contributed by atoms with van der Waals surface area (Å²) in [6, 6.07) is 6.56. The Bertz CT molecular complexity index is 976. The van der Waals surface area contributed by atoms with Gasteiger partial charge in [-0.05, 0) is 44.2 Å². The molecule has 0 aliphatic carbocycles. The van der Waals surface area contributed by atoms with Crippen LogP contribution >= 0.6 is 11.6 Å². The van der Waals surface area contributed by atoms with Crippen molar-refractivity contribution >= 4 is 34.2 Å². The number of hydrogen-bond acceptors (Lipinski definition) is 3. The van der Waals surface area contributed by atoms with Gasteiger partial charge in [0.25, 0.3) is 5.91 Å². The zero-order chi connectivity index (χ0) is 17.4. The quantitative estimate of drug-likeness (QED) is 0.698. The van der Waals surface area contributed by atoms with Crippen LogP contribution in [0.1, 0.15) is 21.7 Å². The predicted octanol–water partition coefficient (Wildman–Crippen LogP) is 4.43. The second kappa shape index (κ2) is 6.13. The van der Waals surface area contributed by atoms with Crippen molar-refractivity contribution in [1.29, 1.82) is 0 Å². The number of carbonyl (C=O) groups is 1. The average molecular weight is 348 g/mol. The molecule has 0 saturated carbocycles. The minimum Gasteiger partial charge on any atom is -0.322 e. The van der Waals surface area contributed by atoms with Crippen molar-refractivity contribution in [3.8, 4) is 0 Å². The van der Waals surface area contributed by atoms with Crippen LogP contribution in [-0.4, -0.2) is 15.9 Å². The molecule has 2 aromatic carbocycles. The van der Waals surface area contributed by atoms with E-state index >= 15 is 0 Å². The number of nitrogens with one attached hydrogen (secondary N) is 1. The molecule has 0 saturated heterocycles. The fraction of sp³-hybridized carbons (Fsp3) is 0.118. The second-order valence-electron chi connectivity index (χ2n) is 5.30. The Labute approximate surface area is 141 Å². The monoisotopic (exact) mass is 347 g/mol. The molecule has 4 nitrogen and oxygen atoms in total. The molecular formula is C17H12ClF2N3O. The Hall–Kier alpha value is -2.60. The lowest BCUT2D eigenvalue weighted by Gasteiger charge is -2.09. The average Bonchev–Trinajstić information content (AvgIpc) is 2.52. The molecule has 0 atom stereocenters. The summed E-state index contributed by atoms with van der Waals surface area (Å²) in [5, 5.41) is 2.42. The van der Waals surface area contributed by atoms with Gasteiger partial charge in [-0.3, -0.25) is 4.79 Å². The number of nitrogens with zero attached hydrogens (tertiary/aromatic N) is 2. The van der Waals surface area contributed by atoms with Gasteiger partial charge < -0.3 is 5.32 Å². The lowest BCUT2D eigenvalue weighted by Crippen LogP contribution is -2.13. The highest BCUT2D eigenvalue weighted by Gasteiger charge is 2.15. The van der Waals surface area contributed by atoms with Crippen LogP contribution in [-0.2, 0) is 0 Å². The lowest BCUT2D eigenvalue weighted by molar-refractivity contribution is 0.102. The van der Waals surface area contributed by atoms with Gasteiger partial charge in [0.1, 0.15) is 0 Å². The van der Waals surface area contributed by atoms with Crippen molar-refractivity contribution in [3.63, 3.8) is 0 Å². The summed E-state index contributed by atoms with van der Waals surface area (Å²) in [6.07, 6.45) is 0. The summed E-state index contributed by atoms with van der Waals surface area (Å²) >= 11 is 5.81. The highest BCUT2D eigenvalue weighted by Crippen LogP contribution is 2.23. The van der Waals surface area contributed by atoms with Crippen molar-refractivity contribution in [3.05, 3.63) is 63.9 Å². The molecule has 1 amide bonds. The zero-order valence-electron chi connectivity index (χ0n) is 12.8. The first-order valence-corrected chi connectivity index (χ1v) is 7.44. The van der Waals surface area contributed by atoms with Gasteiger partial charge in [-0.1, -0.05) is 11.6 Å². The van der Waals surface area contributed by atoms with Crippen LogP contribution in [0.2, 0.25) is 5.02 Å². The first-order valence-electron chi connectivity index (χ1n) is 7.06. The highest BCUT2D eigenvalue weighted by atomic mass is 35.5. The largest absolute Gasteiger partial charge is 0.322 e. The van der Waals surface area contributed by atoms with Gasteiger partial charge >= 0.3 is 0 Å². The number of amides is 1. The van der Waals surface area contributed by atoms with Gasteiger partial charge in [-0.15, -0.1) is 0 Å². The summed E-state index contributed by atoms with van der Waals surface area (Å²) in [5.74, 6) is -2.89. The van der Waals surface area contributed by atoms with E-state index < -0.39 is 17.5 Å². The van der Waals surface area contributed by atoms with Gasteiger partial charge in [0.15, 0.2) is 11.6 Å². The van der Waals surface area contributed by atoms with Crippen LogP contribution in [0.3, 0.4) is 0 Å². The predicted molar refractivity (Wildman–Crippen MR) is 88.3 cm³/mol. The van der Waals surface area contributed by atoms with Gasteiger partial charge in [0.05, 0.1) is 33.0 Å². The number of rotatable bonds is 2. The number of hydrogen-bond donors (Lipinski definition) is 1. The van der Waals surface area contributed by atoms with Gasteiger partial charge in [-0.2, -0.15) is 0 Å². The summed E-state index contributed by atoms with van der Waals surface area (Å²) in [5.41, 5.74) is 3.23. The Morgan fingerprint density at radius 3 is 2.33 bits per heavy atom. The first kappa shape index (κ1) is 16.3. The van der Waals surface area contributed by atoms with Crippen LogP contribution in [0.25, 0.3) is 11.0 Å². The molecule has 1 heterocycles. The third-order valence-corrected chi connectivity index (χ3v) is 3.90. The third-order valence-electron chi connectivity index (χ3n) is 3.59. The maximum Gasteiger partial charge on any atom is 0.257 e. The number of fused-ring (bicyclic) bond motifs is 1. The van der Waals surface area contributed by atoms with E-state index in [0.29, 0.717) is 16.7 Å². The van der Waals surface area contributed by atoms with Crippen molar-refractivity contribution in [2.24, 2.45) is 0 Å². The van der Waals surface area contributed by atoms with Crippen molar-refractivity contribution in [1.82, 2.24) is 9.97 Å². The van der Waals surface area contributed by atoms with Crippen LogP contribution in [0.4, 0.5) is 14.5 Å². The van der Waals surface area contributed by atoms with Crippen LogP contribution in [0.15, 0.2) is 30.3 Å². The molecule has 0 spiro atoms. The van der Waals surface area contributed by atoms with Crippen LogP contribution in [0.5, 0.6) is 0 Å². The van der Waals surface area contributed by atoms with Crippen LogP contribution in [0, 0.1) is 25.5 Å². The van der Waals surface area contributed by atoms with Gasteiger partial charge in [0, 0.05) is 5.69 Å². The van der Waals surface area contributed by atoms with E-state index in [9.17, 15) is 13.6 Å². The van der Waals surface area contributed by atoms with Crippen molar-refractivity contribution in [2.75, 3.05) is 5.32 Å². The summed E-state index contributed by atoms with van der Waals surface area (Å²) in [4.78, 5) is 21.0. The van der Waals surface area contributed by atoms with E-state index in [-0.39, 0.29) is 10.6 Å². The van der Waals surface area contributed by atoms with Crippen LogP contribution < -0.4 is 5.32 Å². The number of aromatic nitrogens is 2. The van der Waals surface area contributed by atoms with Gasteiger partial charge in [-0.25, -0.2) is 18.7 Å². The van der Waals surface area contributed by atoms with E-state index in [1.807, 2.05) is 13.8 Å². The number of aryl methyl sites for hydroxylation is 2. The number of anilines is 1. The van der Waals surface area contributed by atoms with Crippen molar-refractivity contribution in [2.45, 2.75) is 13.8 Å². The molecule has 0 radical (unpaired) electrons. The molecule has 1 aromatic heterocycles. The third kappa shape index (κ3) is 3.05. The molecule has 24 heavy (non-hydrogen) atoms. The molecule has 3 rings (SSSR count). The number of benzene rings is 2. The molecule has 3 aromatic rings. The van der Waals surface area contributed by atoms with E-state index in [0.717, 1.165) is 23.5 Å². The molecule has 0 aliphatic rings. The zero-order valence-corrected chi connectivity index (χ0v) is 13.6. The lowest BCUT2D eigenvalue weighted by atomic mass is 10.2. The fourth-order valence-electron chi connectivity index (χ4n) is 2.20. The van der Waals surface area contributed by atoms with E-state index in [1.54, 1.807) is 18.2 Å². The van der Waals surface area contributed by atoms with Gasteiger partial charge in [0.2, 0.25) is 0 Å². The Balaban J connectivity index is 1.93. The summed E-state index contributed by atoms with van der Waals surface area (Å²) in [6.45, 7) is 3.70. The minimum atomic E-state index is -1.14. The second-order valence-corrected chi connectivity index (χ2v) is 5.71. The topological polar surface area (TPSA) is 54.9 Å². The van der Waals surface area contributed by atoms with Crippen molar-refractivity contribution < 1.29 is 13.6 Å². The minimum absolute atomic E-state index is 0.151. The van der Waals surface area contributed by atoms with E-state index in [4.69, 9.17) is 11.6 Å². The first-order chi connectivity index (χ1) is 11.3. The Kier molecular flexibility index (Phi) is 4.15. The molecule has 0 aliphatic heterocycles. The molecule has 122 valence electrons. The standard InChI is InChI=1S/C17H12ClF2N3O/c1-8-9(2)22-16-5-10(3-4-15(16)21-8)23-17(24)11-6-13(19)14(20)7-12(11)18/h3-7H,1-2H3,(H,23,24). The maximum atomic E-state index is 13.3. The molecule has 0 bridgehead atoms. The maximum absolute atomic E-state index is 13.3. The Morgan fingerprint density at radius 1 is 1.00 bits per heavy atom. The molecule has 0 unspecified atom stereocenters. The molecular weight excluding hydrogens is 336 g/mol. The molecule has 0 fully saturated rings. The van der Waals surface area contributed by atoms with E-state index in [2.05, 4.69) is 15.3 Å². The number of halogens is 3. The van der Waals surface area contributed by atoms with E-state index in [1.165, 1.54) is 0 Å². The highest BCUT2D eigenvalue weighted by molar-refractivity contribution is 6.34. The smallest absolute Gasteiger partial charge is 0.257 e. The normalized spacial score (nSPS) is 10.9. The SMILES string of the molecule is Cc1nc2ccc(NC(=O)c3cc(F)c(F)cc3Cl)cc2nc1C. The Morgan fingerprint density at radius 2 is 1.62 bits per heavy atom.